The standard InChI is InChI=1S/C12H9N3O/c16-9-14-8-6-13-12(14)15-7-5-10-3-1-2-4-11(10)15/h1-9H. The number of benzene rings is 1. The molecule has 0 unspecified atom stereocenters. The number of carbonyl (C=O) groups excluding carboxylic acids is 1. The lowest BCUT2D eigenvalue weighted by Crippen LogP contribution is -2.04. The number of hydrogen-bond donors (Lipinski definition) is 0. The highest BCUT2D eigenvalue weighted by Crippen LogP contribution is 2.18. The number of imidazole rings is 1. The van der Waals surface area contributed by atoms with E-state index < -0.39 is 0 Å². The van der Waals surface area contributed by atoms with Gasteiger partial charge in [0.05, 0.1) is 5.52 Å². The number of carbonyl (C=O) groups is 1. The molecule has 0 amide bonds. The van der Waals surface area contributed by atoms with Crippen LogP contribution in [0.4, 0.5) is 0 Å². The third-order valence-electron chi connectivity index (χ3n) is 2.58. The molecule has 0 fully saturated rings. The van der Waals surface area contributed by atoms with E-state index in [1.165, 1.54) is 4.57 Å². The number of hydrogen-bond acceptors (Lipinski definition) is 2. The van der Waals surface area contributed by atoms with Gasteiger partial charge in [-0.2, -0.15) is 0 Å². The number of rotatable bonds is 2. The Hall–Kier alpha value is -2.36. The van der Waals surface area contributed by atoms with Gasteiger partial charge in [-0.25, -0.2) is 4.98 Å². The number of nitrogens with zero attached hydrogens (tertiary/aromatic N) is 3. The summed E-state index contributed by atoms with van der Waals surface area (Å²) in [6.07, 6.45) is 5.90. The van der Waals surface area contributed by atoms with Crippen LogP contribution in [0.5, 0.6) is 0 Å². The average Bonchev–Trinajstić information content (AvgIpc) is 2.94. The van der Waals surface area contributed by atoms with Gasteiger partial charge in [-0.05, 0) is 12.1 Å². The van der Waals surface area contributed by atoms with Crippen molar-refractivity contribution in [2.75, 3.05) is 0 Å². The largest absolute Gasteiger partial charge is 0.286 e. The second-order valence-corrected chi connectivity index (χ2v) is 3.48. The Morgan fingerprint density at radius 1 is 1.12 bits per heavy atom. The predicted molar refractivity (Wildman–Crippen MR) is 61.2 cm³/mol. The van der Waals surface area contributed by atoms with E-state index >= 15 is 0 Å². The van der Waals surface area contributed by atoms with E-state index in [1.807, 2.05) is 41.1 Å². The molecule has 78 valence electrons. The molecule has 0 atom stereocenters. The van der Waals surface area contributed by atoms with Crippen molar-refractivity contribution < 1.29 is 4.79 Å². The van der Waals surface area contributed by atoms with Crippen molar-refractivity contribution in [1.82, 2.24) is 14.1 Å². The van der Waals surface area contributed by atoms with E-state index in [1.54, 1.807) is 12.4 Å². The normalized spacial score (nSPS) is 10.8. The Labute approximate surface area is 91.8 Å². The smallest absolute Gasteiger partial charge is 0.220 e. The summed E-state index contributed by atoms with van der Waals surface area (Å²) in [5.74, 6) is 0.608. The number of aromatic nitrogens is 3. The van der Waals surface area contributed by atoms with Crippen LogP contribution >= 0.6 is 0 Å². The third-order valence-corrected chi connectivity index (χ3v) is 2.58. The molecule has 3 aromatic rings. The van der Waals surface area contributed by atoms with Crippen molar-refractivity contribution in [3.8, 4) is 5.95 Å². The van der Waals surface area contributed by atoms with Crippen LogP contribution in [0.3, 0.4) is 0 Å². The molecular formula is C12H9N3O. The summed E-state index contributed by atoms with van der Waals surface area (Å²) in [6, 6.07) is 9.98. The first kappa shape index (κ1) is 8.91. The van der Waals surface area contributed by atoms with Crippen molar-refractivity contribution in [3.63, 3.8) is 0 Å². The van der Waals surface area contributed by atoms with Crippen LogP contribution in [0.25, 0.3) is 16.9 Å². The Balaban J connectivity index is 2.30. The summed E-state index contributed by atoms with van der Waals surface area (Å²) in [7, 11) is 0. The van der Waals surface area contributed by atoms with Gasteiger partial charge in [-0.1, -0.05) is 18.2 Å². The summed E-state index contributed by atoms with van der Waals surface area (Å²) in [6.45, 7) is 0. The van der Waals surface area contributed by atoms with Crippen LogP contribution in [0, 0.1) is 0 Å². The second kappa shape index (κ2) is 3.34. The number of fused-ring (bicyclic) bond motifs is 1. The van der Waals surface area contributed by atoms with E-state index in [0.717, 1.165) is 17.3 Å². The van der Waals surface area contributed by atoms with E-state index in [-0.39, 0.29) is 0 Å². The van der Waals surface area contributed by atoms with Gasteiger partial charge >= 0.3 is 0 Å². The molecule has 1 aromatic carbocycles. The molecular weight excluding hydrogens is 202 g/mol. The third kappa shape index (κ3) is 1.16. The summed E-state index contributed by atoms with van der Waals surface area (Å²) in [5, 5.41) is 1.13. The minimum Gasteiger partial charge on any atom is -0.286 e. The lowest BCUT2D eigenvalue weighted by Gasteiger charge is -2.03. The molecule has 0 aliphatic carbocycles. The molecule has 2 aromatic heterocycles. The van der Waals surface area contributed by atoms with Gasteiger partial charge in [-0.15, -0.1) is 0 Å². The van der Waals surface area contributed by atoms with Crippen LogP contribution in [-0.2, 0) is 4.79 Å². The quantitative estimate of drug-likeness (QED) is 0.607. The summed E-state index contributed by atoms with van der Waals surface area (Å²) in [4.78, 5) is 15.0. The predicted octanol–water partition coefficient (Wildman–Crippen LogP) is 1.87. The molecule has 0 bridgehead atoms. The van der Waals surface area contributed by atoms with Crippen LogP contribution in [-0.4, -0.2) is 20.5 Å². The maximum absolute atomic E-state index is 10.8. The maximum Gasteiger partial charge on any atom is 0.220 e. The molecule has 4 heteroatoms. The van der Waals surface area contributed by atoms with Crippen LogP contribution in [0.15, 0.2) is 48.9 Å². The lowest BCUT2D eigenvalue weighted by molar-refractivity contribution is 0.546. The van der Waals surface area contributed by atoms with Gasteiger partial charge in [0.25, 0.3) is 0 Å². The maximum atomic E-state index is 10.8. The fourth-order valence-electron chi connectivity index (χ4n) is 1.83. The van der Waals surface area contributed by atoms with Crippen LogP contribution in [0.2, 0.25) is 0 Å². The van der Waals surface area contributed by atoms with E-state index in [0.29, 0.717) is 5.95 Å². The molecule has 0 aliphatic rings. The van der Waals surface area contributed by atoms with E-state index in [9.17, 15) is 4.79 Å². The number of para-hydroxylation sites is 1. The molecule has 16 heavy (non-hydrogen) atoms. The molecule has 0 saturated carbocycles. The van der Waals surface area contributed by atoms with Crippen molar-refractivity contribution in [2.24, 2.45) is 0 Å². The van der Waals surface area contributed by atoms with E-state index in [4.69, 9.17) is 0 Å². The minimum absolute atomic E-state index is 0.608. The van der Waals surface area contributed by atoms with Crippen LogP contribution in [0.1, 0.15) is 0 Å². The first-order valence-corrected chi connectivity index (χ1v) is 4.95. The van der Waals surface area contributed by atoms with Gasteiger partial charge in [-0.3, -0.25) is 13.9 Å². The minimum atomic E-state index is 0.608. The average molecular weight is 211 g/mol. The molecule has 0 saturated heterocycles. The zero-order valence-electron chi connectivity index (χ0n) is 8.45. The first-order chi connectivity index (χ1) is 7.90. The van der Waals surface area contributed by atoms with Gasteiger partial charge in [0.15, 0.2) is 0 Å². The van der Waals surface area contributed by atoms with Crippen LogP contribution < -0.4 is 0 Å². The highest BCUT2D eigenvalue weighted by atomic mass is 16.1. The topological polar surface area (TPSA) is 39.8 Å². The fourth-order valence-corrected chi connectivity index (χ4v) is 1.83. The fraction of sp³-hybridized carbons (Fsp3) is 0. The van der Waals surface area contributed by atoms with E-state index in [2.05, 4.69) is 4.98 Å². The Morgan fingerprint density at radius 3 is 2.88 bits per heavy atom. The molecule has 0 aliphatic heterocycles. The van der Waals surface area contributed by atoms with Gasteiger partial charge in [0, 0.05) is 24.0 Å². The summed E-state index contributed by atoms with van der Waals surface area (Å²) >= 11 is 0. The highest BCUT2D eigenvalue weighted by Gasteiger charge is 2.07. The van der Waals surface area contributed by atoms with Gasteiger partial charge in [0.2, 0.25) is 12.4 Å². The molecule has 3 rings (SSSR count). The Bertz CT molecular complexity index is 651. The Morgan fingerprint density at radius 2 is 2.00 bits per heavy atom. The van der Waals surface area contributed by atoms with Crippen molar-refractivity contribution >= 4 is 17.3 Å². The van der Waals surface area contributed by atoms with Crippen molar-refractivity contribution in [2.45, 2.75) is 0 Å². The lowest BCUT2D eigenvalue weighted by atomic mass is 10.2. The Kier molecular flexibility index (Phi) is 1.86. The van der Waals surface area contributed by atoms with Gasteiger partial charge in [0.1, 0.15) is 0 Å². The molecule has 4 nitrogen and oxygen atoms in total. The first-order valence-electron chi connectivity index (χ1n) is 4.95. The van der Waals surface area contributed by atoms with Crippen molar-refractivity contribution in [3.05, 3.63) is 48.9 Å². The molecule has 0 spiro atoms. The van der Waals surface area contributed by atoms with Crippen molar-refractivity contribution in [1.29, 1.82) is 0 Å². The highest BCUT2D eigenvalue weighted by molar-refractivity contribution is 5.81. The molecule has 2 heterocycles. The molecule has 0 N–H and O–H groups in total. The SMILES string of the molecule is O=Cn1ccnc1-n1ccc2ccccc21. The summed E-state index contributed by atoms with van der Waals surface area (Å²) in [5.41, 5.74) is 1.04. The monoisotopic (exact) mass is 211 g/mol. The van der Waals surface area contributed by atoms with Gasteiger partial charge < -0.3 is 0 Å². The summed E-state index contributed by atoms with van der Waals surface area (Å²) < 4.78 is 3.34. The second-order valence-electron chi connectivity index (χ2n) is 3.48. The molecule has 0 radical (unpaired) electrons. The zero-order chi connectivity index (χ0) is 11.0. The zero-order valence-corrected chi connectivity index (χ0v) is 8.45.